The van der Waals surface area contributed by atoms with Gasteiger partial charge < -0.3 is 18.9 Å². The van der Waals surface area contributed by atoms with Gasteiger partial charge in [0.2, 0.25) is 0 Å². The molecule has 0 unspecified atom stereocenters. The van der Waals surface area contributed by atoms with Crippen molar-refractivity contribution in [1.82, 2.24) is 24.1 Å². The zero-order chi connectivity index (χ0) is 23.2. The van der Waals surface area contributed by atoms with Crippen molar-refractivity contribution in [2.45, 2.75) is 13.5 Å². The molecule has 0 aliphatic carbocycles. The number of carbonyl (C=O) groups is 1. The van der Waals surface area contributed by atoms with Crippen LogP contribution in [0.15, 0.2) is 47.5 Å². The van der Waals surface area contributed by atoms with E-state index in [1.165, 1.54) is 4.68 Å². The van der Waals surface area contributed by atoms with Crippen LogP contribution in [0.25, 0.3) is 16.9 Å². The highest BCUT2D eigenvalue weighted by atomic mass is 16.5. The summed E-state index contributed by atoms with van der Waals surface area (Å²) in [6, 6.07) is 9.26. The monoisotopic (exact) mass is 453 g/mol. The molecule has 3 aliphatic rings. The van der Waals surface area contributed by atoms with E-state index in [9.17, 15) is 9.59 Å². The van der Waals surface area contributed by atoms with E-state index in [2.05, 4.69) is 10.00 Å². The van der Waals surface area contributed by atoms with Crippen LogP contribution in [0, 0.1) is 0 Å². The fraction of sp³-hybridized carbons (Fsp3) is 0.458. The highest BCUT2D eigenvalue weighted by molar-refractivity contribution is 6.00. The van der Waals surface area contributed by atoms with Gasteiger partial charge in [0.1, 0.15) is 5.69 Å². The molecule has 0 aromatic heterocycles. The Labute approximate surface area is 193 Å². The fourth-order valence-electron chi connectivity index (χ4n) is 4.07. The van der Waals surface area contributed by atoms with Crippen molar-refractivity contribution in [3.05, 3.63) is 58.6 Å². The van der Waals surface area contributed by atoms with Gasteiger partial charge in [-0.05, 0) is 19.1 Å². The molecule has 3 heterocycles. The lowest BCUT2D eigenvalue weighted by Gasteiger charge is -2.34. The summed E-state index contributed by atoms with van der Waals surface area (Å²) >= 11 is 0. The van der Waals surface area contributed by atoms with Crippen LogP contribution in [-0.2, 0) is 16.0 Å². The zero-order valence-electron chi connectivity index (χ0n) is 19.3. The number of rotatable bonds is 9. The molecule has 1 saturated heterocycles. The first kappa shape index (κ1) is 23.2. The third kappa shape index (κ3) is 5.16. The quantitative estimate of drug-likeness (QED) is 0.458. The lowest BCUT2D eigenvalue weighted by Crippen LogP contribution is -2.49. The smallest absolute Gasteiger partial charge is 0.282 e. The number of para-hydroxylation sites is 1. The number of pyridine rings is 1. The fourth-order valence-corrected chi connectivity index (χ4v) is 4.07. The Morgan fingerprint density at radius 1 is 1.03 bits per heavy atom. The number of piperazine rings is 1. The molecule has 1 aromatic rings. The normalized spacial score (nSPS) is 14.8. The van der Waals surface area contributed by atoms with Crippen molar-refractivity contribution in [2.24, 2.45) is 0 Å². The SMILES string of the molecule is CCOCCN1CCN(C(=O)c2cn(CCOC)cc3c(=O)n(-c4ccccc4)nc2-3)CC1. The zero-order valence-corrected chi connectivity index (χ0v) is 19.3. The predicted molar refractivity (Wildman–Crippen MR) is 125 cm³/mol. The summed E-state index contributed by atoms with van der Waals surface area (Å²) in [6.45, 7) is 8.12. The molecule has 0 N–H and O–H groups in total. The minimum Gasteiger partial charge on any atom is -0.383 e. The van der Waals surface area contributed by atoms with Gasteiger partial charge in [-0.3, -0.25) is 14.5 Å². The van der Waals surface area contributed by atoms with Gasteiger partial charge in [-0.1, -0.05) is 18.2 Å². The Kier molecular flexibility index (Phi) is 7.54. The Morgan fingerprint density at radius 3 is 2.48 bits per heavy atom. The van der Waals surface area contributed by atoms with E-state index in [1.807, 2.05) is 46.7 Å². The molecule has 1 aromatic carbocycles. The standard InChI is InChI=1S/C24H31N5O4/c1-3-33-16-14-26-9-11-28(12-10-26)23(30)20-17-27(13-15-32-2)18-21-22(20)25-29(24(21)31)19-7-5-4-6-8-19/h4-8,17-18H,3,9-16H2,1-2H3. The van der Waals surface area contributed by atoms with Crippen LogP contribution >= 0.6 is 0 Å². The van der Waals surface area contributed by atoms with Crippen LogP contribution in [0.3, 0.4) is 0 Å². The molecule has 9 nitrogen and oxygen atoms in total. The summed E-state index contributed by atoms with van der Waals surface area (Å²) in [5.41, 5.74) is 1.73. The first-order valence-electron chi connectivity index (χ1n) is 11.4. The first-order chi connectivity index (χ1) is 16.1. The Bertz CT molecular complexity index is 1090. The molecule has 0 bridgehead atoms. The number of carbonyl (C=O) groups excluding carboxylic acids is 1. The highest BCUT2D eigenvalue weighted by Gasteiger charge is 2.29. The molecule has 4 rings (SSSR count). The highest BCUT2D eigenvalue weighted by Crippen LogP contribution is 2.24. The number of methoxy groups -OCH3 is 1. The summed E-state index contributed by atoms with van der Waals surface area (Å²) in [5, 5.41) is 4.57. The third-order valence-electron chi connectivity index (χ3n) is 5.92. The number of ether oxygens (including phenoxy) is 2. The molecular formula is C24H31N5O4. The lowest BCUT2D eigenvalue weighted by molar-refractivity contribution is 0.0564. The molecule has 1 fully saturated rings. The van der Waals surface area contributed by atoms with Gasteiger partial charge in [0.15, 0.2) is 0 Å². The van der Waals surface area contributed by atoms with Gasteiger partial charge in [0, 0.05) is 65.4 Å². The third-order valence-corrected chi connectivity index (χ3v) is 5.92. The molecule has 1 amide bonds. The Balaban J connectivity index is 1.63. The van der Waals surface area contributed by atoms with Crippen LogP contribution < -0.4 is 5.56 Å². The number of hydrogen-bond donors (Lipinski definition) is 0. The lowest BCUT2D eigenvalue weighted by atomic mass is 10.1. The van der Waals surface area contributed by atoms with Crippen molar-refractivity contribution >= 4 is 5.91 Å². The topological polar surface area (TPSA) is 81.8 Å². The molecule has 0 saturated carbocycles. The maximum atomic E-state index is 13.6. The van der Waals surface area contributed by atoms with Crippen LogP contribution in [0.1, 0.15) is 17.3 Å². The van der Waals surface area contributed by atoms with Crippen molar-refractivity contribution in [1.29, 1.82) is 0 Å². The minimum atomic E-state index is -0.238. The van der Waals surface area contributed by atoms with E-state index in [1.54, 1.807) is 19.5 Å². The number of amides is 1. The van der Waals surface area contributed by atoms with Crippen LogP contribution in [-0.4, -0.2) is 89.7 Å². The van der Waals surface area contributed by atoms with Crippen molar-refractivity contribution in [2.75, 3.05) is 59.7 Å². The molecule has 0 atom stereocenters. The first-order valence-corrected chi connectivity index (χ1v) is 11.4. The number of fused-ring (bicyclic) bond motifs is 1. The predicted octanol–water partition coefficient (Wildman–Crippen LogP) is 1.58. The number of hydrogen-bond acceptors (Lipinski definition) is 6. The van der Waals surface area contributed by atoms with E-state index >= 15 is 0 Å². The largest absolute Gasteiger partial charge is 0.383 e. The van der Waals surface area contributed by atoms with E-state index in [0.29, 0.717) is 62.0 Å². The molecule has 9 heteroatoms. The van der Waals surface area contributed by atoms with E-state index in [0.717, 1.165) is 19.6 Å². The van der Waals surface area contributed by atoms with Gasteiger partial charge in [0.05, 0.1) is 30.0 Å². The second-order valence-corrected chi connectivity index (χ2v) is 8.05. The van der Waals surface area contributed by atoms with Crippen LogP contribution in [0.5, 0.6) is 0 Å². The van der Waals surface area contributed by atoms with Crippen LogP contribution in [0.2, 0.25) is 0 Å². The molecular weight excluding hydrogens is 422 g/mol. The molecule has 0 spiro atoms. The van der Waals surface area contributed by atoms with Gasteiger partial charge in [0.25, 0.3) is 11.5 Å². The number of aromatic nitrogens is 3. The van der Waals surface area contributed by atoms with Gasteiger partial charge in [-0.25, -0.2) is 0 Å². The minimum absolute atomic E-state index is 0.103. The summed E-state index contributed by atoms with van der Waals surface area (Å²) in [5.74, 6) is -0.103. The second-order valence-electron chi connectivity index (χ2n) is 8.05. The van der Waals surface area contributed by atoms with Crippen molar-refractivity contribution < 1.29 is 14.3 Å². The van der Waals surface area contributed by atoms with Gasteiger partial charge in [-0.15, -0.1) is 0 Å². The molecule has 3 aliphatic heterocycles. The summed E-state index contributed by atoms with van der Waals surface area (Å²) in [7, 11) is 1.63. The average molecular weight is 454 g/mol. The van der Waals surface area contributed by atoms with Gasteiger partial charge >= 0.3 is 0 Å². The summed E-state index contributed by atoms with van der Waals surface area (Å²) < 4.78 is 13.9. The van der Waals surface area contributed by atoms with E-state index in [4.69, 9.17) is 9.47 Å². The number of benzene rings is 1. The van der Waals surface area contributed by atoms with E-state index in [-0.39, 0.29) is 11.5 Å². The van der Waals surface area contributed by atoms with Crippen LogP contribution in [0.4, 0.5) is 0 Å². The van der Waals surface area contributed by atoms with E-state index < -0.39 is 0 Å². The molecule has 33 heavy (non-hydrogen) atoms. The van der Waals surface area contributed by atoms with Crippen molar-refractivity contribution in [3.8, 4) is 16.9 Å². The second kappa shape index (κ2) is 10.7. The Morgan fingerprint density at radius 2 is 1.79 bits per heavy atom. The van der Waals surface area contributed by atoms with Crippen molar-refractivity contribution in [3.63, 3.8) is 0 Å². The molecule has 176 valence electrons. The molecule has 0 radical (unpaired) electrons. The van der Waals surface area contributed by atoms with Gasteiger partial charge in [-0.2, -0.15) is 9.78 Å². The Hall–Kier alpha value is -3.01. The summed E-state index contributed by atoms with van der Waals surface area (Å²) in [6.07, 6.45) is 3.54. The summed E-state index contributed by atoms with van der Waals surface area (Å²) in [4.78, 5) is 30.9. The maximum Gasteiger partial charge on any atom is 0.282 e. The number of nitrogens with zero attached hydrogens (tertiary/aromatic N) is 5. The maximum absolute atomic E-state index is 13.6. The average Bonchev–Trinajstić information content (AvgIpc) is 3.19.